The summed E-state index contributed by atoms with van der Waals surface area (Å²) in [6.07, 6.45) is 3.66. The fourth-order valence-corrected chi connectivity index (χ4v) is 4.94. The SMILES string of the molecule is O=C(N=[S-](=O)Nc1cccc(CNCC(F)F)c1)Nc1c2c(cc3c1CCC3)CCC2. The van der Waals surface area contributed by atoms with E-state index in [1.807, 2.05) is 0 Å². The number of amides is 2. The molecular formula is C22H25F2N4O2S-. The summed E-state index contributed by atoms with van der Waals surface area (Å²) in [5.41, 5.74) is 7.08. The third-order valence-electron chi connectivity index (χ3n) is 5.63. The van der Waals surface area contributed by atoms with Gasteiger partial charge in [0.1, 0.15) is 0 Å². The summed E-state index contributed by atoms with van der Waals surface area (Å²) in [5.74, 6) is 0. The third-order valence-corrected chi connectivity index (χ3v) is 6.37. The highest BCUT2D eigenvalue weighted by molar-refractivity contribution is 7.76. The molecule has 0 radical (unpaired) electrons. The number of carbonyl (C=O) groups is 1. The number of aryl methyl sites for hydroxylation is 2. The monoisotopic (exact) mass is 447 g/mol. The van der Waals surface area contributed by atoms with E-state index >= 15 is 0 Å². The van der Waals surface area contributed by atoms with Crippen molar-refractivity contribution in [2.75, 3.05) is 16.6 Å². The number of halogens is 2. The molecule has 3 N–H and O–H groups in total. The van der Waals surface area contributed by atoms with Crippen LogP contribution < -0.4 is 15.4 Å². The topological polar surface area (TPSA) is 82.6 Å². The van der Waals surface area contributed by atoms with Crippen LogP contribution in [0.3, 0.4) is 0 Å². The number of fused-ring (bicyclic) bond motifs is 2. The molecule has 0 fully saturated rings. The largest absolute Gasteiger partial charge is 0.435 e. The van der Waals surface area contributed by atoms with Crippen LogP contribution in [0.2, 0.25) is 0 Å². The number of rotatable bonds is 7. The number of urea groups is 1. The Morgan fingerprint density at radius 2 is 1.77 bits per heavy atom. The minimum absolute atomic E-state index is 0.258. The molecule has 0 heterocycles. The van der Waals surface area contributed by atoms with E-state index < -0.39 is 29.8 Å². The molecule has 0 aromatic heterocycles. The van der Waals surface area contributed by atoms with Crippen LogP contribution in [0.15, 0.2) is 34.7 Å². The summed E-state index contributed by atoms with van der Waals surface area (Å²) in [4.78, 5) is 12.5. The average molecular weight is 448 g/mol. The van der Waals surface area contributed by atoms with E-state index in [2.05, 4.69) is 25.8 Å². The molecule has 31 heavy (non-hydrogen) atoms. The number of nitrogens with zero attached hydrogens (tertiary/aromatic N) is 1. The van der Waals surface area contributed by atoms with Crippen molar-refractivity contribution < 1.29 is 17.8 Å². The summed E-state index contributed by atoms with van der Waals surface area (Å²) >= 11 is 0. The van der Waals surface area contributed by atoms with Gasteiger partial charge in [0.25, 0.3) is 6.43 Å². The van der Waals surface area contributed by atoms with Gasteiger partial charge < -0.3 is 19.6 Å². The molecule has 166 valence electrons. The van der Waals surface area contributed by atoms with Gasteiger partial charge in [-0.05, 0) is 78.5 Å². The van der Waals surface area contributed by atoms with Crippen LogP contribution in [0.5, 0.6) is 0 Å². The van der Waals surface area contributed by atoms with Crippen LogP contribution in [-0.4, -0.2) is 19.0 Å². The van der Waals surface area contributed by atoms with Crippen molar-refractivity contribution in [1.29, 1.82) is 0 Å². The maximum absolute atomic E-state index is 12.5. The lowest BCUT2D eigenvalue weighted by Gasteiger charge is -2.16. The second-order valence-electron chi connectivity index (χ2n) is 7.83. The molecule has 4 rings (SSSR count). The zero-order valence-electron chi connectivity index (χ0n) is 17.0. The number of alkyl halides is 2. The van der Waals surface area contributed by atoms with E-state index in [1.165, 1.54) is 22.3 Å². The zero-order chi connectivity index (χ0) is 21.8. The Kier molecular flexibility index (Phi) is 6.82. The number of carbonyl (C=O) groups excluding carboxylic acids is 1. The number of hydrogen-bond acceptors (Lipinski definition) is 4. The summed E-state index contributed by atoms with van der Waals surface area (Å²) in [6, 6.07) is 8.48. The molecular weight excluding hydrogens is 422 g/mol. The van der Waals surface area contributed by atoms with Crippen molar-refractivity contribution in [2.45, 2.75) is 51.5 Å². The van der Waals surface area contributed by atoms with Gasteiger partial charge in [0.2, 0.25) is 0 Å². The lowest BCUT2D eigenvalue weighted by Crippen LogP contribution is -2.20. The first-order chi connectivity index (χ1) is 15.0. The lowest BCUT2D eigenvalue weighted by atomic mass is 9.99. The van der Waals surface area contributed by atoms with E-state index in [9.17, 15) is 17.8 Å². The molecule has 0 saturated carbocycles. The van der Waals surface area contributed by atoms with Crippen LogP contribution in [0.25, 0.3) is 0 Å². The Morgan fingerprint density at radius 3 is 2.45 bits per heavy atom. The maximum atomic E-state index is 12.5. The van der Waals surface area contributed by atoms with E-state index in [1.54, 1.807) is 24.3 Å². The second kappa shape index (κ2) is 9.74. The molecule has 0 unspecified atom stereocenters. The molecule has 2 aromatic carbocycles. The summed E-state index contributed by atoms with van der Waals surface area (Å²) in [7, 11) is -1.97. The smallest absolute Gasteiger partial charge is 0.323 e. The fourth-order valence-electron chi connectivity index (χ4n) is 4.37. The Morgan fingerprint density at radius 1 is 1.06 bits per heavy atom. The molecule has 2 amide bonds. The molecule has 0 saturated heterocycles. The van der Waals surface area contributed by atoms with Crippen LogP contribution >= 0.6 is 0 Å². The normalized spacial score (nSPS) is 15.7. The van der Waals surface area contributed by atoms with Crippen molar-refractivity contribution >= 4 is 28.2 Å². The Hall–Kier alpha value is -2.52. The standard InChI is InChI=1S/C22H25F2N4O2S/c23-20(24)13-25-12-14-4-1-7-17(10-14)27-31(30)28-22(29)26-21-18-8-2-5-15(18)11-16-6-3-9-19(16)21/h1,4,7,10-11,20,25H,2-3,5-6,8-9,12-13H2,(H2,26,27,28,29,30)/q-1. The molecule has 2 aliphatic rings. The number of hydrogen-bond donors (Lipinski definition) is 3. The van der Waals surface area contributed by atoms with Gasteiger partial charge in [-0.2, -0.15) is 0 Å². The predicted octanol–water partition coefficient (Wildman–Crippen LogP) is 4.73. The number of benzene rings is 2. The Balaban J connectivity index is 1.42. The predicted molar refractivity (Wildman–Crippen MR) is 118 cm³/mol. The minimum atomic E-state index is -2.42. The quantitative estimate of drug-likeness (QED) is 0.537. The fraction of sp³-hybridized carbons (Fsp3) is 0.409. The Bertz CT molecular complexity index is 1040. The number of anilines is 2. The van der Waals surface area contributed by atoms with Gasteiger partial charge >= 0.3 is 6.03 Å². The van der Waals surface area contributed by atoms with Crippen molar-refractivity contribution in [2.24, 2.45) is 4.36 Å². The minimum Gasteiger partial charge on any atom is -0.435 e. The molecule has 0 atom stereocenters. The van der Waals surface area contributed by atoms with Gasteiger partial charge in [-0.15, -0.1) is 0 Å². The van der Waals surface area contributed by atoms with E-state index in [-0.39, 0.29) is 6.54 Å². The van der Waals surface area contributed by atoms with Gasteiger partial charge in [-0.3, -0.25) is 4.36 Å². The van der Waals surface area contributed by atoms with Crippen molar-refractivity contribution in [3.63, 3.8) is 0 Å². The summed E-state index contributed by atoms with van der Waals surface area (Å²) in [6.45, 7) is -0.139. The van der Waals surface area contributed by atoms with Crippen molar-refractivity contribution in [3.05, 3.63) is 58.1 Å². The van der Waals surface area contributed by atoms with E-state index in [0.717, 1.165) is 49.8 Å². The number of nitrogens with one attached hydrogen (secondary N) is 3. The Labute approximate surface area is 182 Å². The second-order valence-corrected chi connectivity index (χ2v) is 8.71. The van der Waals surface area contributed by atoms with Crippen LogP contribution in [0, 0.1) is 0 Å². The first-order valence-corrected chi connectivity index (χ1v) is 11.6. The molecule has 2 aromatic rings. The van der Waals surface area contributed by atoms with Crippen LogP contribution in [-0.2, 0) is 47.2 Å². The van der Waals surface area contributed by atoms with Crippen molar-refractivity contribution in [3.8, 4) is 0 Å². The van der Waals surface area contributed by atoms with Gasteiger partial charge in [-0.25, -0.2) is 13.6 Å². The molecule has 0 bridgehead atoms. The van der Waals surface area contributed by atoms with Crippen LogP contribution in [0.4, 0.5) is 25.0 Å². The average Bonchev–Trinajstić information content (AvgIpc) is 3.37. The van der Waals surface area contributed by atoms with Gasteiger partial charge in [0.15, 0.2) is 0 Å². The molecule has 2 aliphatic carbocycles. The van der Waals surface area contributed by atoms with E-state index in [0.29, 0.717) is 5.69 Å². The van der Waals surface area contributed by atoms with Gasteiger partial charge in [0, 0.05) is 17.9 Å². The highest BCUT2D eigenvalue weighted by Gasteiger charge is 2.24. The lowest BCUT2D eigenvalue weighted by molar-refractivity contribution is 0.145. The summed E-state index contributed by atoms with van der Waals surface area (Å²) < 4.78 is 43.2. The van der Waals surface area contributed by atoms with Crippen molar-refractivity contribution in [1.82, 2.24) is 5.32 Å². The first kappa shape index (κ1) is 21.7. The molecule has 0 spiro atoms. The van der Waals surface area contributed by atoms with E-state index in [4.69, 9.17) is 0 Å². The third kappa shape index (κ3) is 5.40. The first-order valence-electron chi connectivity index (χ1n) is 10.4. The zero-order valence-corrected chi connectivity index (χ0v) is 17.9. The summed E-state index contributed by atoms with van der Waals surface area (Å²) in [5, 5.41) is 5.53. The van der Waals surface area contributed by atoms with Gasteiger partial charge in [-0.1, -0.05) is 29.0 Å². The highest BCUT2D eigenvalue weighted by atomic mass is 32.2. The maximum Gasteiger partial charge on any atom is 0.323 e. The molecule has 9 heteroatoms. The van der Waals surface area contributed by atoms with Gasteiger partial charge in [0.05, 0.1) is 6.54 Å². The highest BCUT2D eigenvalue weighted by Crippen LogP contribution is 2.38. The van der Waals surface area contributed by atoms with Crippen LogP contribution in [0.1, 0.15) is 40.7 Å². The molecule has 6 nitrogen and oxygen atoms in total. The molecule has 0 aliphatic heterocycles.